The van der Waals surface area contributed by atoms with Crippen LogP contribution in [0.3, 0.4) is 0 Å². The summed E-state index contributed by atoms with van der Waals surface area (Å²) in [5.41, 5.74) is 0.420. The molecule has 1 saturated heterocycles. The molecule has 1 aliphatic heterocycles. The van der Waals surface area contributed by atoms with Crippen molar-refractivity contribution in [1.82, 2.24) is 5.32 Å². The van der Waals surface area contributed by atoms with Gasteiger partial charge in [-0.25, -0.2) is 4.39 Å². The highest BCUT2D eigenvalue weighted by molar-refractivity contribution is 5.84. The Labute approximate surface area is 121 Å². The summed E-state index contributed by atoms with van der Waals surface area (Å²) in [6.45, 7) is 1.21. The van der Waals surface area contributed by atoms with Crippen LogP contribution in [0.1, 0.15) is 12.0 Å². The van der Waals surface area contributed by atoms with E-state index in [1.807, 2.05) is 0 Å². The lowest BCUT2D eigenvalue weighted by atomic mass is 10.1. The molecule has 0 spiro atoms. The minimum absolute atomic E-state index is 0.237. The molecule has 1 fully saturated rings. The highest BCUT2D eigenvalue weighted by atomic mass is 19.1. The van der Waals surface area contributed by atoms with Gasteiger partial charge in [0.25, 0.3) is 5.91 Å². The van der Waals surface area contributed by atoms with E-state index in [0.717, 1.165) is 0 Å². The summed E-state index contributed by atoms with van der Waals surface area (Å²) in [5.74, 6) is -1.65. The first-order chi connectivity index (χ1) is 10.0. The Hall–Kier alpha value is -2.15. The van der Waals surface area contributed by atoms with Crippen molar-refractivity contribution in [2.24, 2.45) is 0 Å². The fourth-order valence-electron chi connectivity index (χ4n) is 2.49. The summed E-state index contributed by atoms with van der Waals surface area (Å²) in [5, 5.41) is 13.4. The highest BCUT2D eigenvalue weighted by Gasteiger charge is 2.33. The number of benzene rings is 1. The molecule has 1 aliphatic rings. The quantitative estimate of drug-likeness (QED) is 0.649. The van der Waals surface area contributed by atoms with Gasteiger partial charge in [-0.05, 0) is 12.1 Å². The second-order valence-corrected chi connectivity index (χ2v) is 4.96. The van der Waals surface area contributed by atoms with E-state index < -0.39 is 17.8 Å². The molecule has 21 heavy (non-hydrogen) atoms. The van der Waals surface area contributed by atoms with Crippen molar-refractivity contribution in [1.29, 1.82) is 0 Å². The molecule has 2 unspecified atom stereocenters. The number of nitrogens with one attached hydrogen (secondary N) is 2. The van der Waals surface area contributed by atoms with Gasteiger partial charge >= 0.3 is 0 Å². The Morgan fingerprint density at radius 3 is 2.95 bits per heavy atom. The van der Waals surface area contributed by atoms with Crippen LogP contribution in [-0.2, 0) is 16.1 Å². The zero-order valence-corrected chi connectivity index (χ0v) is 11.6. The number of halogens is 1. The monoisotopic (exact) mass is 296 g/mol. The van der Waals surface area contributed by atoms with E-state index in [4.69, 9.17) is 4.74 Å². The van der Waals surface area contributed by atoms with Gasteiger partial charge in [-0.2, -0.15) is 0 Å². The number of hydrogen-bond acceptors (Lipinski definition) is 4. The number of rotatable bonds is 5. The Balaban J connectivity index is 2.15. The van der Waals surface area contributed by atoms with Crippen LogP contribution >= 0.6 is 0 Å². The van der Waals surface area contributed by atoms with Crippen LogP contribution in [0.15, 0.2) is 18.2 Å². The molecule has 1 heterocycles. The molecule has 0 radical (unpaired) electrons. The number of methoxy groups -OCH3 is 1. The van der Waals surface area contributed by atoms with Crippen LogP contribution in [0.2, 0.25) is 0 Å². The van der Waals surface area contributed by atoms with Crippen LogP contribution in [0.4, 0.5) is 4.39 Å². The first-order valence-electron chi connectivity index (χ1n) is 6.66. The second kappa shape index (κ2) is 6.53. The zero-order valence-electron chi connectivity index (χ0n) is 11.6. The average molecular weight is 296 g/mol. The van der Waals surface area contributed by atoms with Crippen LogP contribution in [0.5, 0.6) is 5.75 Å². The first-order valence-corrected chi connectivity index (χ1v) is 6.66. The molecule has 1 amide bonds. The molecule has 2 N–H and O–H groups in total. The van der Waals surface area contributed by atoms with E-state index in [1.165, 1.54) is 13.2 Å². The molecule has 114 valence electrons. The third kappa shape index (κ3) is 3.69. The van der Waals surface area contributed by atoms with Gasteiger partial charge in [0.15, 0.2) is 6.04 Å². The maximum atomic E-state index is 14.0. The Morgan fingerprint density at radius 1 is 1.57 bits per heavy atom. The standard InChI is InChI=1S/C14H17FN2O4/c1-21-10-3-2-9(11(15)6-10)8-17-5-4-16-14(20)12(17)7-13(18)19/h2-3,6,12H,4-5,7-8H2,1H3,(H,16,20)(H,18,19). The van der Waals surface area contributed by atoms with Gasteiger partial charge < -0.3 is 24.9 Å². The lowest BCUT2D eigenvalue weighted by Crippen LogP contribution is -3.18. The molecule has 6 nitrogen and oxygen atoms in total. The molecule has 1 aromatic rings. The smallest absolute Gasteiger partial charge is 0.278 e. The molecule has 1 aromatic carbocycles. The Morgan fingerprint density at radius 2 is 2.33 bits per heavy atom. The number of ether oxygens (including phenoxy) is 1. The molecule has 2 atom stereocenters. The van der Waals surface area contributed by atoms with Gasteiger partial charge in [0, 0.05) is 24.0 Å². The fraction of sp³-hybridized carbons (Fsp3) is 0.429. The first kappa shape index (κ1) is 15.2. The van der Waals surface area contributed by atoms with Crippen LogP contribution in [-0.4, -0.2) is 38.1 Å². The van der Waals surface area contributed by atoms with Gasteiger partial charge in [-0.1, -0.05) is 0 Å². The number of carboxylic acids is 1. The molecule has 0 saturated carbocycles. The van der Waals surface area contributed by atoms with Crippen LogP contribution < -0.4 is 20.1 Å². The summed E-state index contributed by atoms with van der Waals surface area (Å²) in [4.78, 5) is 23.3. The van der Waals surface area contributed by atoms with Crippen LogP contribution in [0, 0.1) is 5.82 Å². The number of quaternary nitrogens is 1. The number of amides is 1. The SMILES string of the molecule is COc1ccc(C[NH+]2CCNC(=O)C2CC(=O)[O-])c(F)c1. The Bertz CT molecular complexity index is 550. The molecule has 0 aliphatic carbocycles. The van der Waals surface area contributed by atoms with E-state index in [0.29, 0.717) is 29.3 Å². The minimum atomic E-state index is -1.29. The summed E-state index contributed by atoms with van der Waals surface area (Å²) in [6.07, 6.45) is -0.376. The lowest BCUT2D eigenvalue weighted by molar-refractivity contribution is -0.931. The second-order valence-electron chi connectivity index (χ2n) is 4.96. The number of carbonyl (C=O) groups is 2. The highest BCUT2D eigenvalue weighted by Crippen LogP contribution is 2.15. The van der Waals surface area contributed by atoms with Crippen molar-refractivity contribution in [3.05, 3.63) is 29.6 Å². The van der Waals surface area contributed by atoms with Crippen molar-refractivity contribution in [3.63, 3.8) is 0 Å². The maximum Gasteiger partial charge on any atom is 0.278 e. The van der Waals surface area contributed by atoms with Crippen molar-refractivity contribution in [2.75, 3.05) is 20.2 Å². The molecule has 2 rings (SSSR count). The third-order valence-electron chi connectivity index (χ3n) is 3.60. The predicted octanol–water partition coefficient (Wildman–Crippen LogP) is -2.14. The summed E-state index contributed by atoms with van der Waals surface area (Å²) in [7, 11) is 1.45. The van der Waals surface area contributed by atoms with Gasteiger partial charge in [-0.3, -0.25) is 4.79 Å². The van der Waals surface area contributed by atoms with E-state index in [9.17, 15) is 19.1 Å². The number of hydrogen-bond donors (Lipinski definition) is 2. The van der Waals surface area contributed by atoms with Crippen molar-refractivity contribution < 1.29 is 28.7 Å². The van der Waals surface area contributed by atoms with Gasteiger partial charge in [0.1, 0.15) is 18.1 Å². The summed E-state index contributed by atoms with van der Waals surface area (Å²) >= 11 is 0. The number of piperazine rings is 1. The predicted molar refractivity (Wildman–Crippen MR) is 68.9 cm³/mol. The maximum absolute atomic E-state index is 14.0. The van der Waals surface area contributed by atoms with Crippen molar-refractivity contribution in [3.8, 4) is 5.75 Å². The fourth-order valence-corrected chi connectivity index (χ4v) is 2.49. The average Bonchev–Trinajstić information content (AvgIpc) is 2.44. The van der Waals surface area contributed by atoms with Crippen LogP contribution in [0.25, 0.3) is 0 Å². The molecule has 0 bridgehead atoms. The lowest BCUT2D eigenvalue weighted by Gasteiger charge is -2.32. The normalized spacial score (nSPS) is 21.7. The molecular formula is C14H17FN2O4. The van der Waals surface area contributed by atoms with Crippen molar-refractivity contribution >= 4 is 11.9 Å². The van der Waals surface area contributed by atoms with E-state index in [-0.39, 0.29) is 18.9 Å². The number of carboxylic acid groups (broad SMARTS) is 1. The van der Waals surface area contributed by atoms with Gasteiger partial charge in [0.2, 0.25) is 0 Å². The molecular weight excluding hydrogens is 279 g/mol. The molecule has 7 heteroatoms. The summed E-state index contributed by atoms with van der Waals surface area (Å²) < 4.78 is 18.9. The topological polar surface area (TPSA) is 82.9 Å². The van der Waals surface area contributed by atoms with Gasteiger partial charge in [-0.15, -0.1) is 0 Å². The number of carbonyl (C=O) groups excluding carboxylic acids is 2. The molecule has 0 aromatic heterocycles. The van der Waals surface area contributed by atoms with Gasteiger partial charge in [0.05, 0.1) is 20.2 Å². The van der Waals surface area contributed by atoms with E-state index in [2.05, 4.69) is 5.32 Å². The van der Waals surface area contributed by atoms with E-state index in [1.54, 1.807) is 12.1 Å². The zero-order chi connectivity index (χ0) is 15.4. The Kier molecular flexibility index (Phi) is 4.74. The minimum Gasteiger partial charge on any atom is -0.550 e. The van der Waals surface area contributed by atoms with Crippen molar-refractivity contribution in [2.45, 2.75) is 19.0 Å². The largest absolute Gasteiger partial charge is 0.550 e. The summed E-state index contributed by atoms with van der Waals surface area (Å²) in [6, 6.07) is 3.73. The number of aliphatic carboxylic acids is 1. The third-order valence-corrected chi connectivity index (χ3v) is 3.60. The van der Waals surface area contributed by atoms with E-state index >= 15 is 0 Å².